The Morgan fingerprint density at radius 3 is 2.50 bits per heavy atom. The summed E-state index contributed by atoms with van der Waals surface area (Å²) in [7, 11) is 1.33. The topological polar surface area (TPSA) is 87.7 Å². The number of aryl methyl sites for hydroxylation is 1. The zero-order chi connectivity index (χ0) is 27.6. The van der Waals surface area contributed by atoms with Crippen LogP contribution in [0.25, 0.3) is 16.6 Å². The van der Waals surface area contributed by atoms with E-state index < -0.39 is 12.1 Å². The molecule has 0 saturated carbocycles. The smallest absolute Gasteiger partial charge is 0.346 e. The van der Waals surface area contributed by atoms with E-state index in [4.69, 9.17) is 14.5 Å². The fourth-order valence-corrected chi connectivity index (χ4v) is 4.67. The van der Waals surface area contributed by atoms with Crippen LogP contribution in [-0.2, 0) is 9.53 Å². The summed E-state index contributed by atoms with van der Waals surface area (Å²) in [5.41, 5.74) is 4.26. The number of rotatable bonds is 8. The fourth-order valence-electron chi connectivity index (χ4n) is 4.31. The summed E-state index contributed by atoms with van der Waals surface area (Å²) < 4.78 is 14.7. The Bertz CT molecular complexity index is 1570. The Hall–Kier alpha value is -3.72. The minimum atomic E-state index is -0.696. The van der Waals surface area contributed by atoms with Crippen LogP contribution in [0.3, 0.4) is 0 Å². The third-order valence-electron chi connectivity index (χ3n) is 6.61. The second-order valence-corrected chi connectivity index (χ2v) is 10.2. The second-order valence-electron chi connectivity index (χ2n) is 9.24. The molecule has 38 heavy (non-hydrogen) atoms. The van der Waals surface area contributed by atoms with Crippen molar-refractivity contribution in [3.8, 4) is 11.4 Å². The number of fused-ring (bicyclic) bond motifs is 1. The van der Waals surface area contributed by atoms with Crippen LogP contribution in [-0.4, -0.2) is 39.6 Å². The Kier molecular flexibility index (Phi) is 8.16. The molecule has 0 fully saturated rings. The first kappa shape index (κ1) is 27.3. The lowest BCUT2D eigenvalue weighted by Crippen LogP contribution is -2.24. The molecule has 0 aliphatic heterocycles. The van der Waals surface area contributed by atoms with Crippen molar-refractivity contribution in [2.45, 2.75) is 53.1 Å². The quantitative estimate of drug-likeness (QED) is 0.192. The van der Waals surface area contributed by atoms with Crippen molar-refractivity contribution in [3.05, 3.63) is 86.1 Å². The van der Waals surface area contributed by atoms with Crippen LogP contribution in [0.5, 0.6) is 5.75 Å². The molecule has 0 saturated heterocycles. The molecule has 4 aromatic rings. The average molecular weight is 579 g/mol. The van der Waals surface area contributed by atoms with Crippen molar-refractivity contribution in [2.24, 2.45) is 5.10 Å². The maximum Gasteiger partial charge on any atom is 0.346 e. The molecule has 0 unspecified atom stereocenters. The number of esters is 1. The molecule has 2 heterocycles. The lowest BCUT2D eigenvalue weighted by molar-refractivity contribution is -0.147. The number of carbonyl (C=O) groups excluding carboxylic acids is 1. The number of ether oxygens (including phenoxy) is 2. The zero-order valence-corrected chi connectivity index (χ0v) is 23.9. The first-order valence-electron chi connectivity index (χ1n) is 12.4. The van der Waals surface area contributed by atoms with E-state index in [1.165, 1.54) is 11.8 Å². The van der Waals surface area contributed by atoms with Gasteiger partial charge < -0.3 is 14.0 Å². The summed E-state index contributed by atoms with van der Waals surface area (Å²) in [5.74, 6) is 0.834. The normalized spacial score (nSPS) is 13.1. The highest BCUT2D eigenvalue weighted by Crippen LogP contribution is 2.24. The predicted octanol–water partition coefficient (Wildman–Crippen LogP) is 5.90. The number of methoxy groups -OCH3 is 1. The van der Waals surface area contributed by atoms with Gasteiger partial charge >= 0.3 is 5.97 Å². The first-order chi connectivity index (χ1) is 18.1. The van der Waals surface area contributed by atoms with Crippen LogP contribution >= 0.6 is 15.9 Å². The Morgan fingerprint density at radius 1 is 1.13 bits per heavy atom. The van der Waals surface area contributed by atoms with Crippen LogP contribution in [0.15, 0.2) is 62.9 Å². The van der Waals surface area contributed by atoms with Crippen molar-refractivity contribution in [2.75, 3.05) is 7.11 Å². The van der Waals surface area contributed by atoms with E-state index in [1.807, 2.05) is 63.2 Å². The summed E-state index contributed by atoms with van der Waals surface area (Å²) in [6.45, 7) is 9.78. The highest BCUT2D eigenvalue weighted by Gasteiger charge is 2.17. The molecule has 2 aromatic carbocycles. The molecule has 0 aliphatic carbocycles. The fraction of sp³-hybridized carbons (Fsp3) is 0.310. The molecule has 0 N–H and O–H groups in total. The van der Waals surface area contributed by atoms with Crippen molar-refractivity contribution in [3.63, 3.8) is 0 Å². The van der Waals surface area contributed by atoms with Gasteiger partial charge in [0.2, 0.25) is 0 Å². The minimum absolute atomic E-state index is 0.0583. The van der Waals surface area contributed by atoms with Gasteiger partial charge in [0.25, 0.3) is 5.56 Å². The van der Waals surface area contributed by atoms with Crippen LogP contribution in [0, 0.1) is 13.8 Å². The summed E-state index contributed by atoms with van der Waals surface area (Å²) in [6.07, 6.45) is 1.85. The molecule has 8 nitrogen and oxygen atoms in total. The number of carbonyl (C=O) groups is 1. The van der Waals surface area contributed by atoms with E-state index in [0.29, 0.717) is 22.5 Å². The van der Waals surface area contributed by atoms with Gasteiger partial charge in [-0.15, -0.1) is 0 Å². The largest absolute Gasteiger partial charge is 0.479 e. The molecule has 2 atom stereocenters. The Morgan fingerprint density at radius 2 is 1.84 bits per heavy atom. The van der Waals surface area contributed by atoms with Gasteiger partial charge in [0.1, 0.15) is 11.6 Å². The molecule has 2 aromatic heterocycles. The molecule has 0 amide bonds. The summed E-state index contributed by atoms with van der Waals surface area (Å²) >= 11 is 3.45. The molecule has 0 spiro atoms. The molecular formula is C29H31BrN4O4. The molecular weight excluding hydrogens is 548 g/mol. The number of hydrogen-bond acceptors (Lipinski definition) is 6. The van der Waals surface area contributed by atoms with Crippen LogP contribution in [0.4, 0.5) is 0 Å². The highest BCUT2D eigenvalue weighted by atomic mass is 79.9. The predicted molar refractivity (Wildman–Crippen MR) is 153 cm³/mol. The molecule has 9 heteroatoms. The highest BCUT2D eigenvalue weighted by molar-refractivity contribution is 9.10. The monoisotopic (exact) mass is 578 g/mol. The minimum Gasteiger partial charge on any atom is -0.479 e. The zero-order valence-electron chi connectivity index (χ0n) is 22.4. The van der Waals surface area contributed by atoms with Crippen LogP contribution in [0.1, 0.15) is 55.9 Å². The Balaban J connectivity index is 1.69. The van der Waals surface area contributed by atoms with Gasteiger partial charge in [-0.3, -0.25) is 4.79 Å². The third kappa shape index (κ3) is 5.43. The maximum absolute atomic E-state index is 13.4. The number of halogens is 1. The summed E-state index contributed by atoms with van der Waals surface area (Å²) in [5, 5.41) is 5.14. The van der Waals surface area contributed by atoms with Gasteiger partial charge in [-0.2, -0.15) is 9.78 Å². The van der Waals surface area contributed by atoms with Crippen molar-refractivity contribution < 1.29 is 14.3 Å². The lowest BCUT2D eigenvalue weighted by atomic mass is 10.1. The van der Waals surface area contributed by atoms with Crippen molar-refractivity contribution in [1.29, 1.82) is 0 Å². The van der Waals surface area contributed by atoms with Crippen molar-refractivity contribution >= 4 is 39.0 Å². The number of benzene rings is 2. The van der Waals surface area contributed by atoms with E-state index in [0.717, 1.165) is 33.5 Å². The SMILES string of the molecule is CC[C@H](C)c1nc2ccc(Br)cc2c(=O)n1N=Cc1cc(C)n(-c2ccc(O[C@@H](C)C(=O)OC)cc2)c1C. The number of aromatic nitrogens is 3. The number of nitrogens with zero attached hydrogens (tertiary/aromatic N) is 4. The van der Waals surface area contributed by atoms with Gasteiger partial charge in [-0.1, -0.05) is 29.8 Å². The van der Waals surface area contributed by atoms with Crippen LogP contribution in [0.2, 0.25) is 0 Å². The summed E-state index contributed by atoms with van der Waals surface area (Å²) in [4.78, 5) is 29.9. The van der Waals surface area contributed by atoms with Gasteiger partial charge in [0.15, 0.2) is 6.10 Å². The van der Waals surface area contributed by atoms with Gasteiger partial charge in [0, 0.05) is 33.0 Å². The standard InChI is InChI=1S/C29H31BrN4O4/c1-7-17(2)27-32-26-13-8-22(30)15-25(26)28(35)34(27)31-16-21-14-18(3)33(19(21)4)23-9-11-24(12-10-23)38-20(5)29(36)37-6/h8-17,20H,7H2,1-6H3/t17-,20-/m0/s1. The van der Waals surface area contributed by atoms with E-state index in [2.05, 4.69) is 32.5 Å². The average Bonchev–Trinajstić information content (AvgIpc) is 3.20. The first-order valence-corrected chi connectivity index (χ1v) is 13.2. The van der Waals surface area contributed by atoms with Crippen molar-refractivity contribution in [1.82, 2.24) is 14.2 Å². The maximum atomic E-state index is 13.4. The Labute approximate surface area is 230 Å². The van der Waals surface area contributed by atoms with Gasteiger partial charge in [0.05, 0.1) is 24.2 Å². The van der Waals surface area contributed by atoms with E-state index in [-0.39, 0.29) is 11.5 Å². The van der Waals surface area contributed by atoms with E-state index in [9.17, 15) is 9.59 Å². The third-order valence-corrected chi connectivity index (χ3v) is 7.10. The second kappa shape index (κ2) is 11.3. The molecule has 0 bridgehead atoms. The molecule has 198 valence electrons. The van der Waals surface area contributed by atoms with E-state index >= 15 is 0 Å². The van der Waals surface area contributed by atoms with E-state index in [1.54, 1.807) is 19.2 Å². The lowest BCUT2D eigenvalue weighted by Gasteiger charge is -2.14. The summed E-state index contributed by atoms with van der Waals surface area (Å²) in [6, 6.07) is 15.0. The van der Waals surface area contributed by atoms with Gasteiger partial charge in [-0.05, 0) is 75.7 Å². The van der Waals surface area contributed by atoms with Gasteiger partial charge in [-0.25, -0.2) is 9.78 Å². The molecule has 4 rings (SSSR count). The van der Waals surface area contributed by atoms with Crippen LogP contribution < -0.4 is 10.3 Å². The molecule has 0 radical (unpaired) electrons. The number of hydrogen-bond donors (Lipinski definition) is 0. The molecule has 0 aliphatic rings.